The minimum absolute atomic E-state index is 0.690. The molecule has 0 atom stereocenters. The van der Waals surface area contributed by atoms with Gasteiger partial charge in [0.25, 0.3) is 0 Å². The molecule has 122 valence electrons. The van der Waals surface area contributed by atoms with E-state index in [1.807, 2.05) is 49.5 Å². The highest BCUT2D eigenvalue weighted by Gasteiger charge is 2.07. The first-order valence-electron chi connectivity index (χ1n) is 8.14. The number of aryl methyl sites for hydroxylation is 1. The van der Waals surface area contributed by atoms with Crippen molar-refractivity contribution in [1.82, 2.24) is 0 Å². The number of hydrogen-bond donors (Lipinski definition) is 0. The van der Waals surface area contributed by atoms with Gasteiger partial charge in [0.15, 0.2) is 0 Å². The molecule has 0 amide bonds. The molecule has 0 aliphatic rings. The van der Waals surface area contributed by atoms with Crippen molar-refractivity contribution >= 4 is 34.3 Å². The molecule has 0 radical (unpaired) electrons. The quantitative estimate of drug-likeness (QED) is 0.498. The van der Waals surface area contributed by atoms with Gasteiger partial charge in [0.2, 0.25) is 0 Å². The zero-order valence-corrected chi connectivity index (χ0v) is 14.7. The van der Waals surface area contributed by atoms with Gasteiger partial charge in [0.1, 0.15) is 5.75 Å². The minimum Gasteiger partial charge on any atom is -0.493 e. The number of halogens is 1. The number of fused-ring (bicyclic) bond motifs is 1. The summed E-state index contributed by atoms with van der Waals surface area (Å²) in [6.45, 7) is 4.77. The molecule has 0 aliphatic carbocycles. The molecular weight excluding hydrogens is 318 g/mol. The normalized spacial score (nSPS) is 11.3. The number of rotatable bonds is 5. The standard InChI is InChI=1S/C21H20ClNO/c1-3-12-24-21-11-9-16-6-4-5-7-18(16)19(21)14-23-17-10-8-15(2)20(22)13-17/h4-11,13-14H,3,12H2,1-2H3. The van der Waals surface area contributed by atoms with E-state index in [2.05, 4.69) is 30.1 Å². The molecule has 0 fully saturated rings. The van der Waals surface area contributed by atoms with E-state index in [4.69, 9.17) is 16.3 Å². The van der Waals surface area contributed by atoms with Crippen LogP contribution in [-0.4, -0.2) is 12.8 Å². The Balaban J connectivity index is 2.04. The first-order valence-corrected chi connectivity index (χ1v) is 8.51. The van der Waals surface area contributed by atoms with Crippen LogP contribution in [0.15, 0.2) is 59.6 Å². The molecule has 3 aromatic rings. The van der Waals surface area contributed by atoms with Gasteiger partial charge >= 0.3 is 0 Å². The fourth-order valence-electron chi connectivity index (χ4n) is 2.55. The summed E-state index contributed by atoms with van der Waals surface area (Å²) in [6, 6.07) is 18.2. The molecule has 0 spiro atoms. The van der Waals surface area contributed by atoms with Crippen LogP contribution in [0.1, 0.15) is 24.5 Å². The number of ether oxygens (including phenoxy) is 1. The van der Waals surface area contributed by atoms with Crippen LogP contribution in [0.5, 0.6) is 5.75 Å². The second-order valence-electron chi connectivity index (χ2n) is 5.74. The minimum atomic E-state index is 0.690. The lowest BCUT2D eigenvalue weighted by Gasteiger charge is -2.11. The lowest BCUT2D eigenvalue weighted by atomic mass is 10.0. The lowest BCUT2D eigenvalue weighted by Crippen LogP contribution is -1.99. The number of benzene rings is 3. The predicted octanol–water partition coefficient (Wildman–Crippen LogP) is 6.34. The molecule has 3 aromatic carbocycles. The van der Waals surface area contributed by atoms with Crippen LogP contribution in [0.4, 0.5) is 5.69 Å². The molecule has 0 saturated carbocycles. The summed E-state index contributed by atoms with van der Waals surface area (Å²) in [5.74, 6) is 0.859. The third-order valence-electron chi connectivity index (χ3n) is 3.89. The lowest BCUT2D eigenvalue weighted by molar-refractivity contribution is 0.317. The van der Waals surface area contributed by atoms with Gasteiger partial charge in [-0.1, -0.05) is 54.9 Å². The largest absolute Gasteiger partial charge is 0.493 e. The maximum atomic E-state index is 6.19. The van der Waals surface area contributed by atoms with Crippen LogP contribution in [0, 0.1) is 6.92 Å². The third-order valence-corrected chi connectivity index (χ3v) is 4.30. The van der Waals surface area contributed by atoms with Crippen LogP contribution in [0.3, 0.4) is 0 Å². The van der Waals surface area contributed by atoms with Crippen molar-refractivity contribution in [3.05, 3.63) is 70.7 Å². The summed E-state index contributed by atoms with van der Waals surface area (Å²) in [5.41, 5.74) is 2.88. The van der Waals surface area contributed by atoms with E-state index in [-0.39, 0.29) is 0 Å². The number of aliphatic imine (C=N–C) groups is 1. The van der Waals surface area contributed by atoms with Gasteiger partial charge in [-0.2, -0.15) is 0 Å². The first-order chi connectivity index (χ1) is 11.7. The van der Waals surface area contributed by atoms with E-state index in [0.29, 0.717) is 6.61 Å². The molecule has 0 heterocycles. The summed E-state index contributed by atoms with van der Waals surface area (Å²) in [4.78, 5) is 4.61. The van der Waals surface area contributed by atoms with Gasteiger partial charge in [0.05, 0.1) is 12.3 Å². The van der Waals surface area contributed by atoms with Crippen LogP contribution in [0.25, 0.3) is 10.8 Å². The zero-order chi connectivity index (χ0) is 16.9. The molecule has 0 unspecified atom stereocenters. The maximum Gasteiger partial charge on any atom is 0.128 e. The monoisotopic (exact) mass is 337 g/mol. The van der Waals surface area contributed by atoms with E-state index in [1.54, 1.807) is 0 Å². The van der Waals surface area contributed by atoms with E-state index < -0.39 is 0 Å². The van der Waals surface area contributed by atoms with Crippen LogP contribution >= 0.6 is 11.6 Å². The van der Waals surface area contributed by atoms with Crippen LogP contribution < -0.4 is 4.74 Å². The molecule has 3 heteroatoms. The van der Waals surface area contributed by atoms with Crippen molar-refractivity contribution in [2.24, 2.45) is 4.99 Å². The second kappa shape index (κ2) is 7.50. The second-order valence-corrected chi connectivity index (χ2v) is 6.15. The molecule has 0 aliphatic heterocycles. The average molecular weight is 338 g/mol. The van der Waals surface area contributed by atoms with Crippen LogP contribution in [0.2, 0.25) is 5.02 Å². The predicted molar refractivity (Wildman–Crippen MR) is 103 cm³/mol. The van der Waals surface area contributed by atoms with Gasteiger partial charge in [-0.15, -0.1) is 0 Å². The number of nitrogens with zero attached hydrogens (tertiary/aromatic N) is 1. The van der Waals surface area contributed by atoms with Gasteiger partial charge in [-0.25, -0.2) is 0 Å². The van der Waals surface area contributed by atoms with Crippen molar-refractivity contribution < 1.29 is 4.74 Å². The molecule has 0 N–H and O–H groups in total. The summed E-state index contributed by atoms with van der Waals surface area (Å²) in [6.07, 6.45) is 2.84. The van der Waals surface area contributed by atoms with Gasteiger partial charge in [0, 0.05) is 16.8 Å². The molecule has 2 nitrogen and oxygen atoms in total. The fraction of sp³-hybridized carbons (Fsp3) is 0.190. The maximum absolute atomic E-state index is 6.19. The highest BCUT2D eigenvalue weighted by molar-refractivity contribution is 6.31. The van der Waals surface area contributed by atoms with Crippen LogP contribution in [-0.2, 0) is 0 Å². The summed E-state index contributed by atoms with van der Waals surface area (Å²) in [5, 5.41) is 3.03. The topological polar surface area (TPSA) is 21.6 Å². The Morgan fingerprint density at radius 3 is 2.71 bits per heavy atom. The molecule has 0 bridgehead atoms. The summed E-state index contributed by atoms with van der Waals surface area (Å²) >= 11 is 6.19. The average Bonchev–Trinajstić information content (AvgIpc) is 2.61. The van der Waals surface area contributed by atoms with Gasteiger partial charge in [-0.3, -0.25) is 4.99 Å². The third kappa shape index (κ3) is 3.60. The molecular formula is C21H20ClNO. The van der Waals surface area contributed by atoms with Gasteiger partial charge in [-0.05, 0) is 47.9 Å². The zero-order valence-electron chi connectivity index (χ0n) is 13.9. The molecule has 3 rings (SSSR count). The highest BCUT2D eigenvalue weighted by Crippen LogP contribution is 2.28. The SMILES string of the molecule is CCCOc1ccc2ccccc2c1C=Nc1ccc(C)c(Cl)c1. The Bertz CT molecular complexity index is 886. The van der Waals surface area contributed by atoms with Crippen molar-refractivity contribution in [3.63, 3.8) is 0 Å². The Kier molecular flexibility index (Phi) is 5.17. The smallest absolute Gasteiger partial charge is 0.128 e. The number of hydrogen-bond acceptors (Lipinski definition) is 2. The van der Waals surface area contributed by atoms with E-state index in [0.717, 1.165) is 39.4 Å². The summed E-state index contributed by atoms with van der Waals surface area (Å²) < 4.78 is 5.91. The fourth-order valence-corrected chi connectivity index (χ4v) is 2.72. The van der Waals surface area contributed by atoms with E-state index in [1.165, 1.54) is 5.39 Å². The van der Waals surface area contributed by atoms with Gasteiger partial charge < -0.3 is 4.74 Å². The molecule has 0 aromatic heterocycles. The molecule has 0 saturated heterocycles. The Hall–Kier alpha value is -2.32. The van der Waals surface area contributed by atoms with Crippen molar-refractivity contribution in [1.29, 1.82) is 0 Å². The van der Waals surface area contributed by atoms with E-state index in [9.17, 15) is 0 Å². The molecule has 24 heavy (non-hydrogen) atoms. The van der Waals surface area contributed by atoms with Crippen molar-refractivity contribution in [2.75, 3.05) is 6.61 Å². The Morgan fingerprint density at radius 1 is 1.08 bits per heavy atom. The van der Waals surface area contributed by atoms with Crippen molar-refractivity contribution in [3.8, 4) is 5.75 Å². The summed E-state index contributed by atoms with van der Waals surface area (Å²) in [7, 11) is 0. The Labute approximate surface area is 147 Å². The highest BCUT2D eigenvalue weighted by atomic mass is 35.5. The Morgan fingerprint density at radius 2 is 1.92 bits per heavy atom. The van der Waals surface area contributed by atoms with E-state index >= 15 is 0 Å². The van der Waals surface area contributed by atoms with Crippen molar-refractivity contribution in [2.45, 2.75) is 20.3 Å². The first kappa shape index (κ1) is 16.5.